The first-order chi connectivity index (χ1) is 9.69. The van der Waals surface area contributed by atoms with Gasteiger partial charge in [0.05, 0.1) is 19.0 Å². The van der Waals surface area contributed by atoms with Gasteiger partial charge in [-0.1, -0.05) is 12.1 Å². The van der Waals surface area contributed by atoms with E-state index in [1.807, 2.05) is 29.8 Å². The molecule has 3 rings (SSSR count). The van der Waals surface area contributed by atoms with Crippen LogP contribution in [0.5, 0.6) is 0 Å². The Balaban J connectivity index is 2.02. The second-order valence-electron chi connectivity index (χ2n) is 4.59. The Morgan fingerprint density at radius 1 is 1.45 bits per heavy atom. The van der Waals surface area contributed by atoms with E-state index in [-0.39, 0.29) is 5.97 Å². The molecule has 0 N–H and O–H groups in total. The highest BCUT2D eigenvalue weighted by Crippen LogP contribution is 2.32. The zero-order chi connectivity index (χ0) is 14.1. The quantitative estimate of drug-likeness (QED) is 0.694. The van der Waals surface area contributed by atoms with Gasteiger partial charge in [0.2, 0.25) is 0 Å². The smallest absolute Gasteiger partial charge is 0.339 e. The highest BCUT2D eigenvalue weighted by Gasteiger charge is 2.16. The molecular formula is C15H14N2O2S. The van der Waals surface area contributed by atoms with Crippen molar-refractivity contribution in [2.75, 3.05) is 7.11 Å². The van der Waals surface area contributed by atoms with Gasteiger partial charge in [0.15, 0.2) is 0 Å². The number of aromatic nitrogens is 2. The third kappa shape index (κ3) is 2.20. The maximum atomic E-state index is 11.8. The first-order valence-corrected chi connectivity index (χ1v) is 7.07. The molecule has 0 aliphatic carbocycles. The molecule has 0 radical (unpaired) electrons. The number of carbonyl (C=O) groups excluding carboxylic acids is 1. The lowest BCUT2D eigenvalue weighted by molar-refractivity contribution is 0.0603. The summed E-state index contributed by atoms with van der Waals surface area (Å²) in [5.41, 5.74) is 1.87. The normalized spacial score (nSPS) is 10.9. The van der Waals surface area contributed by atoms with Crippen LogP contribution < -0.4 is 0 Å². The van der Waals surface area contributed by atoms with Crippen molar-refractivity contribution < 1.29 is 9.53 Å². The number of esters is 1. The highest BCUT2D eigenvalue weighted by atomic mass is 32.1. The number of ether oxygens (including phenoxy) is 1. The molecule has 0 bridgehead atoms. The molecule has 0 aliphatic rings. The van der Waals surface area contributed by atoms with E-state index in [9.17, 15) is 4.79 Å². The predicted octanol–water partition coefficient (Wildman–Crippen LogP) is 3.24. The molecular weight excluding hydrogens is 272 g/mol. The number of methoxy groups -OCH3 is 1. The molecule has 0 spiro atoms. The van der Waals surface area contributed by atoms with E-state index in [2.05, 4.69) is 11.1 Å². The molecule has 0 aliphatic heterocycles. The largest absolute Gasteiger partial charge is 0.465 e. The highest BCUT2D eigenvalue weighted by molar-refractivity contribution is 7.19. The fourth-order valence-corrected chi connectivity index (χ4v) is 3.42. The van der Waals surface area contributed by atoms with E-state index < -0.39 is 0 Å². The van der Waals surface area contributed by atoms with Crippen molar-refractivity contribution in [3.05, 3.63) is 52.9 Å². The maximum Gasteiger partial charge on any atom is 0.339 e. The topological polar surface area (TPSA) is 44.1 Å². The summed E-state index contributed by atoms with van der Waals surface area (Å²) in [6.07, 6.45) is 5.50. The minimum atomic E-state index is -0.267. The van der Waals surface area contributed by atoms with Crippen LogP contribution in [-0.4, -0.2) is 22.6 Å². The Morgan fingerprint density at radius 2 is 2.30 bits per heavy atom. The van der Waals surface area contributed by atoms with E-state index in [1.165, 1.54) is 12.7 Å². The first kappa shape index (κ1) is 12.9. The lowest BCUT2D eigenvalue weighted by atomic mass is 10.1. The number of thiophene rings is 1. The van der Waals surface area contributed by atoms with E-state index in [0.29, 0.717) is 5.56 Å². The SMILES string of the molecule is COC(=O)c1c(C)sc2cc(Cn3ccnc3)ccc12. The van der Waals surface area contributed by atoms with Crippen LogP contribution in [0, 0.1) is 6.92 Å². The van der Waals surface area contributed by atoms with Crippen molar-refractivity contribution in [2.45, 2.75) is 13.5 Å². The van der Waals surface area contributed by atoms with Crippen LogP contribution in [0.3, 0.4) is 0 Å². The van der Waals surface area contributed by atoms with Gasteiger partial charge in [-0.2, -0.15) is 0 Å². The van der Waals surface area contributed by atoms with E-state index in [4.69, 9.17) is 4.74 Å². The molecule has 2 heterocycles. The Hall–Kier alpha value is -2.14. The number of nitrogens with zero attached hydrogens (tertiary/aromatic N) is 2. The Morgan fingerprint density at radius 3 is 3.00 bits per heavy atom. The molecule has 4 nitrogen and oxygen atoms in total. The number of hydrogen-bond donors (Lipinski definition) is 0. The molecule has 0 unspecified atom stereocenters. The van der Waals surface area contributed by atoms with Gasteiger partial charge in [-0.15, -0.1) is 11.3 Å². The van der Waals surface area contributed by atoms with E-state index in [1.54, 1.807) is 23.9 Å². The summed E-state index contributed by atoms with van der Waals surface area (Å²) in [6, 6.07) is 6.16. The summed E-state index contributed by atoms with van der Waals surface area (Å²) in [7, 11) is 1.42. The number of carbonyl (C=O) groups is 1. The summed E-state index contributed by atoms with van der Waals surface area (Å²) < 4.78 is 7.98. The fraction of sp³-hybridized carbons (Fsp3) is 0.200. The predicted molar refractivity (Wildman–Crippen MR) is 79.2 cm³/mol. The van der Waals surface area contributed by atoms with Crippen molar-refractivity contribution in [3.63, 3.8) is 0 Å². The molecule has 0 saturated carbocycles. The average molecular weight is 286 g/mol. The minimum absolute atomic E-state index is 0.267. The van der Waals surface area contributed by atoms with Crippen LogP contribution in [0.15, 0.2) is 36.9 Å². The lowest BCUT2D eigenvalue weighted by Crippen LogP contribution is -2.01. The molecule has 0 saturated heterocycles. The molecule has 0 atom stereocenters. The number of fused-ring (bicyclic) bond motifs is 1. The third-order valence-corrected chi connectivity index (χ3v) is 4.31. The Kier molecular flexibility index (Phi) is 3.28. The maximum absolute atomic E-state index is 11.8. The van der Waals surface area contributed by atoms with Crippen LogP contribution in [0.25, 0.3) is 10.1 Å². The number of rotatable bonds is 3. The minimum Gasteiger partial charge on any atom is -0.465 e. The van der Waals surface area contributed by atoms with Gasteiger partial charge < -0.3 is 9.30 Å². The van der Waals surface area contributed by atoms with Crippen molar-refractivity contribution in [1.82, 2.24) is 9.55 Å². The van der Waals surface area contributed by atoms with Crippen LogP contribution in [0.1, 0.15) is 20.8 Å². The molecule has 20 heavy (non-hydrogen) atoms. The van der Waals surface area contributed by atoms with Gasteiger partial charge >= 0.3 is 5.97 Å². The molecule has 0 amide bonds. The summed E-state index contributed by atoms with van der Waals surface area (Å²) in [4.78, 5) is 16.9. The van der Waals surface area contributed by atoms with Crippen LogP contribution in [0.2, 0.25) is 0 Å². The molecule has 1 aromatic carbocycles. The van der Waals surface area contributed by atoms with Crippen molar-refractivity contribution in [1.29, 1.82) is 0 Å². The zero-order valence-electron chi connectivity index (χ0n) is 11.3. The van der Waals surface area contributed by atoms with Gasteiger partial charge in [-0.05, 0) is 18.6 Å². The monoisotopic (exact) mass is 286 g/mol. The molecule has 2 aromatic heterocycles. The van der Waals surface area contributed by atoms with Crippen LogP contribution in [-0.2, 0) is 11.3 Å². The zero-order valence-corrected chi connectivity index (χ0v) is 12.1. The van der Waals surface area contributed by atoms with Gasteiger partial charge in [-0.3, -0.25) is 0 Å². The summed E-state index contributed by atoms with van der Waals surface area (Å²) in [5.74, 6) is -0.267. The number of benzene rings is 1. The lowest BCUT2D eigenvalue weighted by Gasteiger charge is -2.03. The Labute approximate surface area is 120 Å². The van der Waals surface area contributed by atoms with E-state index in [0.717, 1.165) is 21.5 Å². The van der Waals surface area contributed by atoms with Gasteiger partial charge in [0.25, 0.3) is 0 Å². The second-order valence-corrected chi connectivity index (χ2v) is 5.85. The number of hydrogen-bond acceptors (Lipinski definition) is 4. The number of imidazole rings is 1. The molecule has 102 valence electrons. The summed E-state index contributed by atoms with van der Waals surface area (Å²) in [5, 5.41) is 0.966. The number of aryl methyl sites for hydroxylation is 1. The van der Waals surface area contributed by atoms with Crippen molar-refractivity contribution in [2.24, 2.45) is 0 Å². The standard InChI is InChI=1S/C15H14N2O2S/c1-10-14(15(18)19-2)12-4-3-11(7-13(12)20-10)8-17-6-5-16-9-17/h3-7,9H,8H2,1-2H3. The van der Waals surface area contributed by atoms with E-state index >= 15 is 0 Å². The van der Waals surface area contributed by atoms with Crippen LogP contribution in [0.4, 0.5) is 0 Å². The summed E-state index contributed by atoms with van der Waals surface area (Å²) in [6.45, 7) is 2.73. The first-order valence-electron chi connectivity index (χ1n) is 6.25. The molecule has 3 aromatic rings. The van der Waals surface area contributed by atoms with Crippen LogP contribution >= 0.6 is 11.3 Å². The average Bonchev–Trinajstić information content (AvgIpc) is 3.04. The van der Waals surface area contributed by atoms with Gasteiger partial charge in [0, 0.05) is 33.9 Å². The third-order valence-electron chi connectivity index (χ3n) is 3.24. The second kappa shape index (κ2) is 5.09. The summed E-state index contributed by atoms with van der Waals surface area (Å²) >= 11 is 1.62. The van der Waals surface area contributed by atoms with Crippen molar-refractivity contribution in [3.8, 4) is 0 Å². The van der Waals surface area contributed by atoms with Gasteiger partial charge in [-0.25, -0.2) is 9.78 Å². The Bertz CT molecular complexity index is 760. The van der Waals surface area contributed by atoms with Gasteiger partial charge in [0.1, 0.15) is 0 Å². The molecule has 0 fully saturated rings. The molecule has 5 heteroatoms. The fourth-order valence-electron chi connectivity index (χ4n) is 2.31. The van der Waals surface area contributed by atoms with Crippen molar-refractivity contribution >= 4 is 27.4 Å².